The Labute approximate surface area is 141 Å². The minimum atomic E-state index is -5.55. The van der Waals surface area contributed by atoms with Gasteiger partial charge in [0.1, 0.15) is 23.4 Å². The molecule has 0 unspecified atom stereocenters. The summed E-state index contributed by atoms with van der Waals surface area (Å²) in [5.74, 6) is -1.84. The van der Waals surface area contributed by atoms with Crippen molar-refractivity contribution >= 4 is 20.0 Å². The molecule has 2 heterocycles. The SMILES string of the molecule is [2H]C([2H])(OP(=O)(O)O)[C@@]1(F)O[C@@H](n2cc(C#C)c(=S)[nH]c2=O)[C@H](O)[C@@H]1O. The summed E-state index contributed by atoms with van der Waals surface area (Å²) in [5, 5.41) is 19.8. The molecule has 2 rings (SSSR count). The summed E-state index contributed by atoms with van der Waals surface area (Å²) >= 11 is 4.78. The molecular weight excluding hydrogens is 370 g/mol. The Morgan fingerprint density at radius 2 is 2.29 bits per heavy atom. The molecule has 0 bridgehead atoms. The van der Waals surface area contributed by atoms with Gasteiger partial charge in [-0.2, -0.15) is 0 Å². The predicted octanol–water partition coefficient (Wildman–Crippen LogP) is -1.09. The summed E-state index contributed by atoms with van der Waals surface area (Å²) < 4.78 is 49.1. The van der Waals surface area contributed by atoms with Gasteiger partial charge in [0.15, 0.2) is 6.23 Å². The molecule has 4 atom stereocenters. The van der Waals surface area contributed by atoms with E-state index in [4.69, 9.17) is 31.2 Å². The van der Waals surface area contributed by atoms with Gasteiger partial charge in [-0.25, -0.2) is 13.8 Å². The smallest absolute Gasteiger partial charge is 0.385 e. The number of halogens is 1. The minimum absolute atomic E-state index is 0.0595. The predicted molar refractivity (Wildman–Crippen MR) is 77.8 cm³/mol. The van der Waals surface area contributed by atoms with Crippen molar-refractivity contribution in [2.75, 3.05) is 6.56 Å². The molecule has 1 aromatic heterocycles. The van der Waals surface area contributed by atoms with Crippen LogP contribution in [0.25, 0.3) is 0 Å². The Morgan fingerprint density at radius 3 is 2.83 bits per heavy atom. The number of phosphoric ester groups is 1. The number of aromatic amines is 1. The van der Waals surface area contributed by atoms with Crippen molar-refractivity contribution in [3.8, 4) is 12.3 Å². The molecular formula is C11H12FN2O8PS. The van der Waals surface area contributed by atoms with E-state index in [-0.39, 0.29) is 10.2 Å². The van der Waals surface area contributed by atoms with E-state index in [9.17, 15) is 24.0 Å². The van der Waals surface area contributed by atoms with Crippen LogP contribution >= 0.6 is 20.0 Å². The molecule has 1 aromatic rings. The third-order valence-electron chi connectivity index (χ3n) is 2.99. The van der Waals surface area contributed by atoms with Crippen LogP contribution in [0.5, 0.6) is 0 Å². The fourth-order valence-corrected chi connectivity index (χ4v) is 2.34. The highest BCUT2D eigenvalue weighted by molar-refractivity contribution is 7.71. The number of phosphoric acid groups is 1. The molecule has 1 saturated heterocycles. The number of rotatable bonds is 4. The topological polar surface area (TPSA) is 154 Å². The first-order valence-corrected chi connectivity index (χ1v) is 7.98. The highest BCUT2D eigenvalue weighted by Gasteiger charge is 2.57. The van der Waals surface area contributed by atoms with Crippen molar-refractivity contribution in [2.45, 2.75) is 24.3 Å². The Kier molecular flexibility index (Phi) is 4.33. The number of alkyl halides is 1. The third-order valence-corrected chi connectivity index (χ3v) is 3.64. The van der Waals surface area contributed by atoms with Crippen LogP contribution in [0.4, 0.5) is 4.39 Å². The Hall–Kier alpha value is -1.42. The first-order chi connectivity index (χ1) is 11.7. The van der Waals surface area contributed by atoms with Crippen LogP contribution in [0, 0.1) is 17.0 Å². The summed E-state index contributed by atoms with van der Waals surface area (Å²) in [6, 6.07) is 0. The molecule has 0 saturated carbocycles. The van der Waals surface area contributed by atoms with Gasteiger partial charge >= 0.3 is 13.5 Å². The standard InChI is InChI=1S/C11H12FN2O8PS/c1-2-5-3-14(10(17)13-8(5)24)9-6(15)7(16)11(12,22-9)4-21-23(18,19)20/h1,3,6-7,9,15-16H,4H2,(H,13,17,24)(H2,18,19,20)/t6-,7+,9-,11-/m1/s1/i4D2. The number of hydrogen-bond donors (Lipinski definition) is 5. The lowest BCUT2D eigenvalue weighted by Gasteiger charge is -2.22. The minimum Gasteiger partial charge on any atom is -0.385 e. The second-order valence-corrected chi connectivity index (χ2v) is 6.20. The molecule has 132 valence electrons. The lowest BCUT2D eigenvalue weighted by atomic mass is 10.1. The van der Waals surface area contributed by atoms with Gasteiger partial charge < -0.3 is 24.7 Å². The molecule has 5 N–H and O–H groups in total. The van der Waals surface area contributed by atoms with Crippen LogP contribution in [0.15, 0.2) is 11.0 Å². The number of aliphatic hydroxyl groups excluding tert-OH is 2. The summed E-state index contributed by atoms with van der Waals surface area (Å²) in [6.45, 7) is -3.90. The highest BCUT2D eigenvalue weighted by Crippen LogP contribution is 2.43. The van der Waals surface area contributed by atoms with Crippen molar-refractivity contribution < 1.29 is 41.0 Å². The van der Waals surface area contributed by atoms with Crippen molar-refractivity contribution in [3.63, 3.8) is 0 Å². The number of aromatic nitrogens is 2. The van der Waals surface area contributed by atoms with Crippen LogP contribution in [0.3, 0.4) is 0 Å². The molecule has 0 aliphatic carbocycles. The maximum atomic E-state index is 14.9. The number of hydrogen-bond acceptors (Lipinski definition) is 7. The Balaban J connectivity index is 2.51. The van der Waals surface area contributed by atoms with E-state index >= 15 is 0 Å². The summed E-state index contributed by atoms with van der Waals surface area (Å²) in [4.78, 5) is 31.5. The van der Waals surface area contributed by atoms with Crippen LogP contribution in [0.2, 0.25) is 0 Å². The van der Waals surface area contributed by atoms with Crippen LogP contribution in [-0.2, 0) is 13.8 Å². The first kappa shape index (κ1) is 16.1. The van der Waals surface area contributed by atoms with E-state index < -0.39 is 44.4 Å². The maximum Gasteiger partial charge on any atom is 0.469 e. The average Bonchev–Trinajstić information content (AvgIpc) is 2.71. The molecule has 24 heavy (non-hydrogen) atoms. The quantitative estimate of drug-likeness (QED) is 0.247. The zero-order chi connectivity index (χ0) is 20.1. The van der Waals surface area contributed by atoms with Gasteiger partial charge in [-0.15, -0.1) is 6.42 Å². The zero-order valence-electron chi connectivity index (χ0n) is 13.5. The van der Waals surface area contributed by atoms with E-state index in [0.29, 0.717) is 4.57 Å². The lowest BCUT2D eigenvalue weighted by Crippen LogP contribution is -2.42. The first-order valence-electron chi connectivity index (χ1n) is 7.05. The van der Waals surface area contributed by atoms with Gasteiger partial charge in [0.25, 0.3) is 5.85 Å². The summed E-state index contributed by atoms with van der Waals surface area (Å²) in [5.41, 5.74) is -1.10. The summed E-state index contributed by atoms with van der Waals surface area (Å²) in [6.07, 6.45) is -0.859. The molecule has 0 spiro atoms. The number of nitrogens with zero attached hydrogens (tertiary/aromatic N) is 1. The van der Waals surface area contributed by atoms with E-state index in [1.807, 2.05) is 0 Å². The largest absolute Gasteiger partial charge is 0.469 e. The van der Waals surface area contributed by atoms with Crippen LogP contribution < -0.4 is 5.69 Å². The average molecular weight is 384 g/mol. The molecule has 1 aliphatic rings. The van der Waals surface area contributed by atoms with Crippen molar-refractivity contribution in [1.82, 2.24) is 9.55 Å². The van der Waals surface area contributed by atoms with Crippen molar-refractivity contribution in [2.24, 2.45) is 0 Å². The van der Waals surface area contributed by atoms with Gasteiger partial charge in [0.05, 0.1) is 8.30 Å². The fourth-order valence-electron chi connectivity index (χ4n) is 1.90. The van der Waals surface area contributed by atoms with Crippen LogP contribution in [-0.4, -0.2) is 54.2 Å². The van der Waals surface area contributed by atoms with Gasteiger partial charge in [0, 0.05) is 6.20 Å². The van der Waals surface area contributed by atoms with Crippen LogP contribution in [0.1, 0.15) is 14.5 Å². The Morgan fingerprint density at radius 1 is 1.67 bits per heavy atom. The number of ether oxygens (including phenoxy) is 1. The zero-order valence-corrected chi connectivity index (χ0v) is 13.2. The molecule has 13 heteroatoms. The van der Waals surface area contributed by atoms with Gasteiger partial charge in [0.2, 0.25) is 0 Å². The molecule has 1 fully saturated rings. The second-order valence-electron chi connectivity index (χ2n) is 4.63. The normalized spacial score (nSPS) is 32.1. The number of terminal acetylenes is 1. The molecule has 1 aliphatic heterocycles. The van der Waals surface area contributed by atoms with E-state index in [1.165, 1.54) is 0 Å². The molecule has 0 amide bonds. The monoisotopic (exact) mass is 384 g/mol. The Bertz CT molecular complexity index is 926. The molecule has 10 nitrogen and oxygen atoms in total. The fraction of sp³-hybridized carbons (Fsp3) is 0.455. The van der Waals surface area contributed by atoms with Crippen molar-refractivity contribution in [3.05, 3.63) is 26.9 Å². The van der Waals surface area contributed by atoms with Crippen molar-refractivity contribution in [1.29, 1.82) is 0 Å². The second kappa shape index (κ2) is 6.47. The van der Waals surface area contributed by atoms with Gasteiger partial charge in [-0.3, -0.25) is 14.1 Å². The van der Waals surface area contributed by atoms with Gasteiger partial charge in [-0.1, -0.05) is 18.1 Å². The number of nitrogens with one attached hydrogen (secondary N) is 1. The van der Waals surface area contributed by atoms with E-state index in [2.05, 4.69) is 20.2 Å². The highest BCUT2D eigenvalue weighted by atomic mass is 32.1. The summed E-state index contributed by atoms with van der Waals surface area (Å²) in [7, 11) is -5.55. The molecule has 0 radical (unpaired) electrons. The van der Waals surface area contributed by atoms with E-state index in [1.54, 1.807) is 0 Å². The third kappa shape index (κ3) is 3.64. The van der Waals surface area contributed by atoms with E-state index in [0.717, 1.165) is 6.20 Å². The maximum absolute atomic E-state index is 14.9. The number of H-pyrrole nitrogens is 1. The number of aliphatic hydroxyl groups is 2. The lowest BCUT2D eigenvalue weighted by molar-refractivity contribution is -0.205. The molecule has 0 aromatic carbocycles. The van der Waals surface area contributed by atoms with Gasteiger partial charge in [-0.05, 0) is 0 Å².